The summed E-state index contributed by atoms with van der Waals surface area (Å²) in [7, 11) is 0. The fourth-order valence-corrected chi connectivity index (χ4v) is 1.60. The first-order valence-corrected chi connectivity index (χ1v) is 4.17. The highest BCUT2D eigenvalue weighted by Gasteiger charge is 2.41. The molecule has 0 aromatic rings. The Morgan fingerprint density at radius 1 is 1.40 bits per heavy atom. The van der Waals surface area contributed by atoms with E-state index in [-0.39, 0.29) is 0 Å². The summed E-state index contributed by atoms with van der Waals surface area (Å²) in [6.07, 6.45) is 4.94. The van der Waals surface area contributed by atoms with E-state index < -0.39 is 0 Å². The Bertz CT molecular complexity index is 124. The molecule has 2 heteroatoms. The lowest BCUT2D eigenvalue weighted by molar-refractivity contribution is 0.0368. The molecule has 2 aliphatic heterocycles. The summed E-state index contributed by atoms with van der Waals surface area (Å²) in [5.74, 6) is 0. The van der Waals surface area contributed by atoms with Crippen molar-refractivity contribution in [2.24, 2.45) is 0 Å². The van der Waals surface area contributed by atoms with Crippen LogP contribution in [0.15, 0.2) is 0 Å². The van der Waals surface area contributed by atoms with Gasteiger partial charge in [0.15, 0.2) is 0 Å². The fraction of sp³-hybridized carbons (Fsp3) is 1.00. The van der Waals surface area contributed by atoms with E-state index in [9.17, 15) is 0 Å². The smallest absolute Gasteiger partial charge is 0.0867 e. The van der Waals surface area contributed by atoms with Crippen molar-refractivity contribution in [2.45, 2.75) is 44.5 Å². The number of hydrogen-bond donors (Lipinski definition) is 0. The van der Waals surface area contributed by atoms with Gasteiger partial charge in [0, 0.05) is 13.0 Å². The van der Waals surface area contributed by atoms with Crippen LogP contribution in [0.5, 0.6) is 0 Å². The standard InChI is InChI=1S/C8H14O2/c1-2-6-5-8-7(10-8)3-4-9-6/h6-8H,2-5H2,1H3/t6-,7+,8+/m1/s1. The maximum atomic E-state index is 5.57. The molecule has 0 aromatic heterocycles. The van der Waals surface area contributed by atoms with Crippen LogP contribution in [0.3, 0.4) is 0 Å². The Morgan fingerprint density at radius 3 is 3.10 bits per heavy atom. The van der Waals surface area contributed by atoms with E-state index in [1.165, 1.54) is 0 Å². The molecule has 2 aliphatic rings. The van der Waals surface area contributed by atoms with Crippen LogP contribution < -0.4 is 0 Å². The van der Waals surface area contributed by atoms with Gasteiger partial charge < -0.3 is 9.47 Å². The van der Waals surface area contributed by atoms with Crippen molar-refractivity contribution in [3.05, 3.63) is 0 Å². The Morgan fingerprint density at radius 2 is 2.30 bits per heavy atom. The van der Waals surface area contributed by atoms with Gasteiger partial charge in [-0.15, -0.1) is 0 Å². The van der Waals surface area contributed by atoms with Gasteiger partial charge in [-0.3, -0.25) is 0 Å². The molecule has 2 nitrogen and oxygen atoms in total. The van der Waals surface area contributed by atoms with Crippen molar-refractivity contribution in [3.63, 3.8) is 0 Å². The van der Waals surface area contributed by atoms with Gasteiger partial charge in [0.2, 0.25) is 0 Å². The Balaban J connectivity index is 1.88. The summed E-state index contributed by atoms with van der Waals surface area (Å²) in [5.41, 5.74) is 0. The zero-order valence-corrected chi connectivity index (χ0v) is 6.38. The Labute approximate surface area is 61.5 Å². The van der Waals surface area contributed by atoms with Crippen molar-refractivity contribution in [1.82, 2.24) is 0 Å². The van der Waals surface area contributed by atoms with Crippen LogP contribution in [0.1, 0.15) is 26.2 Å². The van der Waals surface area contributed by atoms with Crippen LogP contribution in [0.25, 0.3) is 0 Å². The van der Waals surface area contributed by atoms with E-state index in [1.54, 1.807) is 0 Å². The average Bonchev–Trinajstić information content (AvgIpc) is 2.61. The number of epoxide rings is 1. The molecular weight excluding hydrogens is 128 g/mol. The highest BCUT2D eigenvalue weighted by Crippen LogP contribution is 2.33. The van der Waals surface area contributed by atoms with Crippen LogP contribution in [0, 0.1) is 0 Å². The molecule has 0 spiro atoms. The highest BCUT2D eigenvalue weighted by molar-refractivity contribution is 4.88. The normalized spacial score (nSPS) is 45.9. The zero-order valence-electron chi connectivity index (χ0n) is 6.38. The molecule has 3 atom stereocenters. The first-order chi connectivity index (χ1) is 4.90. The average molecular weight is 142 g/mol. The van der Waals surface area contributed by atoms with Crippen molar-refractivity contribution in [3.8, 4) is 0 Å². The molecule has 0 saturated carbocycles. The second-order valence-electron chi connectivity index (χ2n) is 3.14. The molecular formula is C8H14O2. The largest absolute Gasteiger partial charge is 0.378 e. The van der Waals surface area contributed by atoms with Crippen molar-refractivity contribution in [1.29, 1.82) is 0 Å². The third kappa shape index (κ3) is 1.18. The van der Waals surface area contributed by atoms with Gasteiger partial charge in [-0.25, -0.2) is 0 Å². The lowest BCUT2D eigenvalue weighted by Gasteiger charge is -2.11. The van der Waals surface area contributed by atoms with Gasteiger partial charge >= 0.3 is 0 Å². The molecule has 0 amide bonds. The van der Waals surface area contributed by atoms with Gasteiger partial charge in [-0.1, -0.05) is 6.92 Å². The molecule has 0 aromatic carbocycles. The summed E-state index contributed by atoms with van der Waals surface area (Å²) >= 11 is 0. The first-order valence-electron chi connectivity index (χ1n) is 4.17. The van der Waals surface area contributed by atoms with E-state index in [0.717, 1.165) is 25.9 Å². The SMILES string of the molecule is CC[C@@H]1C[C@@H]2O[C@H]2CCO1. The highest BCUT2D eigenvalue weighted by atomic mass is 16.6. The molecule has 2 saturated heterocycles. The van der Waals surface area contributed by atoms with Crippen LogP contribution in [0.4, 0.5) is 0 Å². The first kappa shape index (κ1) is 6.62. The number of rotatable bonds is 1. The van der Waals surface area contributed by atoms with E-state index in [4.69, 9.17) is 9.47 Å². The maximum absolute atomic E-state index is 5.57. The zero-order chi connectivity index (χ0) is 6.97. The van der Waals surface area contributed by atoms with Gasteiger partial charge in [0.25, 0.3) is 0 Å². The topological polar surface area (TPSA) is 21.8 Å². The molecule has 0 radical (unpaired) electrons. The van der Waals surface area contributed by atoms with Gasteiger partial charge in [0.05, 0.1) is 18.3 Å². The third-order valence-corrected chi connectivity index (χ3v) is 2.39. The van der Waals surface area contributed by atoms with E-state index >= 15 is 0 Å². The molecule has 2 rings (SSSR count). The monoisotopic (exact) mass is 142 g/mol. The Hall–Kier alpha value is -0.0800. The van der Waals surface area contributed by atoms with Crippen LogP contribution in [-0.4, -0.2) is 24.9 Å². The molecule has 2 fully saturated rings. The second kappa shape index (κ2) is 2.51. The summed E-state index contributed by atoms with van der Waals surface area (Å²) in [6.45, 7) is 3.08. The molecule has 0 N–H and O–H groups in total. The molecule has 0 aliphatic carbocycles. The van der Waals surface area contributed by atoms with E-state index in [0.29, 0.717) is 18.3 Å². The number of ether oxygens (including phenoxy) is 2. The maximum Gasteiger partial charge on any atom is 0.0867 e. The minimum Gasteiger partial charge on any atom is -0.378 e. The second-order valence-corrected chi connectivity index (χ2v) is 3.14. The third-order valence-electron chi connectivity index (χ3n) is 2.39. The van der Waals surface area contributed by atoms with E-state index in [1.807, 2.05) is 0 Å². The predicted molar refractivity (Wildman–Crippen MR) is 37.9 cm³/mol. The van der Waals surface area contributed by atoms with Gasteiger partial charge in [-0.2, -0.15) is 0 Å². The van der Waals surface area contributed by atoms with Crippen molar-refractivity contribution >= 4 is 0 Å². The molecule has 58 valence electrons. The number of fused-ring (bicyclic) bond motifs is 1. The lowest BCUT2D eigenvalue weighted by Crippen LogP contribution is -2.12. The van der Waals surface area contributed by atoms with Gasteiger partial charge in [-0.05, 0) is 12.8 Å². The van der Waals surface area contributed by atoms with Gasteiger partial charge in [0.1, 0.15) is 0 Å². The summed E-state index contributed by atoms with van der Waals surface area (Å²) in [4.78, 5) is 0. The van der Waals surface area contributed by atoms with Crippen LogP contribution in [-0.2, 0) is 9.47 Å². The molecule has 10 heavy (non-hydrogen) atoms. The summed E-state index contributed by atoms with van der Waals surface area (Å²) in [6, 6.07) is 0. The number of hydrogen-bond acceptors (Lipinski definition) is 2. The predicted octanol–water partition coefficient (Wildman–Crippen LogP) is 1.34. The van der Waals surface area contributed by atoms with Crippen molar-refractivity contribution in [2.75, 3.05) is 6.61 Å². The lowest BCUT2D eigenvalue weighted by atomic mass is 10.1. The minimum atomic E-state index is 0.470. The molecule has 2 heterocycles. The molecule has 0 unspecified atom stereocenters. The van der Waals surface area contributed by atoms with Crippen molar-refractivity contribution < 1.29 is 9.47 Å². The quantitative estimate of drug-likeness (QED) is 0.515. The minimum absolute atomic E-state index is 0.470. The Kier molecular flexibility index (Phi) is 1.66. The summed E-state index contributed by atoms with van der Waals surface area (Å²) in [5, 5.41) is 0. The summed E-state index contributed by atoms with van der Waals surface area (Å²) < 4.78 is 11.0. The molecule has 0 bridgehead atoms. The fourth-order valence-electron chi connectivity index (χ4n) is 1.60. The van der Waals surface area contributed by atoms with Crippen LogP contribution in [0.2, 0.25) is 0 Å². The van der Waals surface area contributed by atoms with Crippen LogP contribution >= 0.6 is 0 Å². The van der Waals surface area contributed by atoms with E-state index in [2.05, 4.69) is 6.92 Å².